The minimum Gasteiger partial charge on any atom is -0.355 e. The van der Waals surface area contributed by atoms with Gasteiger partial charge in [-0.05, 0) is 70.7 Å². The van der Waals surface area contributed by atoms with Gasteiger partial charge in [-0.3, -0.25) is 0 Å². The van der Waals surface area contributed by atoms with Crippen molar-refractivity contribution >= 4 is 82.3 Å². The summed E-state index contributed by atoms with van der Waals surface area (Å²) in [5.74, 6) is 0. The first kappa shape index (κ1) is 26.6. The van der Waals surface area contributed by atoms with E-state index in [2.05, 4.69) is 168 Å². The number of hydrogen-bond donors (Lipinski definition) is 1. The molecule has 0 radical (unpaired) electrons. The normalized spacial score (nSPS) is 12.3. The monoisotopic (exact) mass is 616 g/mol. The summed E-state index contributed by atoms with van der Waals surface area (Å²) in [6.07, 6.45) is 0. The Balaban J connectivity index is 1.40. The van der Waals surface area contributed by atoms with E-state index in [1.807, 2.05) is 11.3 Å². The van der Waals surface area contributed by atoms with Crippen LogP contribution in [0.4, 0.5) is 11.4 Å². The Morgan fingerprint density at radius 3 is 2.13 bits per heavy atom. The Hall–Kier alpha value is -5.58. The number of nitrogens with one attached hydrogen (secondary N) is 1. The molecule has 0 fully saturated rings. The molecule has 7 aromatic carbocycles. The standard InChI is InChI=1S/C43H29BN2S/c1-44-35-20-10-12-22-38(35)46-37-21-11-8-19-30(37)41-31(27-14-4-2-5-15-27)24-34(42(44)43(41)46)32-25-33-29-18-9-13-23-39(29)47-40(33)26-36(32)45-28-16-6-3-7-17-28/h2-26,45H,1H3. The Morgan fingerprint density at radius 2 is 1.28 bits per heavy atom. The van der Waals surface area contributed by atoms with Crippen LogP contribution in [0.1, 0.15) is 0 Å². The lowest BCUT2D eigenvalue weighted by atomic mass is 9.40. The summed E-state index contributed by atoms with van der Waals surface area (Å²) in [5, 5.41) is 9.09. The van der Waals surface area contributed by atoms with Crippen LogP contribution in [0, 0.1) is 0 Å². The lowest BCUT2D eigenvalue weighted by Crippen LogP contribution is -2.46. The van der Waals surface area contributed by atoms with Gasteiger partial charge < -0.3 is 9.88 Å². The molecule has 1 aliphatic rings. The van der Waals surface area contributed by atoms with E-state index >= 15 is 0 Å². The molecular formula is C43H29BN2S. The molecule has 0 amide bonds. The van der Waals surface area contributed by atoms with Gasteiger partial charge in [-0.2, -0.15) is 0 Å². The van der Waals surface area contributed by atoms with Crippen molar-refractivity contribution in [1.82, 2.24) is 4.57 Å². The average Bonchev–Trinajstić information content (AvgIpc) is 3.67. The molecule has 1 aliphatic heterocycles. The van der Waals surface area contributed by atoms with E-state index < -0.39 is 0 Å². The summed E-state index contributed by atoms with van der Waals surface area (Å²) < 4.78 is 5.14. The third kappa shape index (κ3) is 3.92. The fraction of sp³-hybridized carbons (Fsp3) is 0.0233. The van der Waals surface area contributed by atoms with Crippen LogP contribution in [0.2, 0.25) is 6.82 Å². The van der Waals surface area contributed by atoms with Gasteiger partial charge in [-0.1, -0.05) is 115 Å². The van der Waals surface area contributed by atoms with Crippen LogP contribution in [0.5, 0.6) is 0 Å². The van der Waals surface area contributed by atoms with Crippen molar-refractivity contribution in [2.45, 2.75) is 6.82 Å². The van der Waals surface area contributed by atoms with E-state index in [0.29, 0.717) is 0 Å². The number of aromatic nitrogens is 1. The molecule has 0 saturated carbocycles. The van der Waals surface area contributed by atoms with Crippen LogP contribution in [-0.4, -0.2) is 11.3 Å². The van der Waals surface area contributed by atoms with Gasteiger partial charge in [0.25, 0.3) is 0 Å². The molecule has 0 unspecified atom stereocenters. The number of hydrogen-bond acceptors (Lipinski definition) is 2. The zero-order chi connectivity index (χ0) is 31.1. The summed E-state index contributed by atoms with van der Waals surface area (Å²) in [5.41, 5.74) is 13.8. The van der Waals surface area contributed by atoms with Crippen molar-refractivity contribution in [3.63, 3.8) is 0 Å². The summed E-state index contributed by atoms with van der Waals surface area (Å²) in [6, 6.07) is 55.5. The van der Waals surface area contributed by atoms with Crippen molar-refractivity contribution in [3.8, 4) is 27.9 Å². The van der Waals surface area contributed by atoms with E-state index in [0.717, 1.165) is 11.4 Å². The highest BCUT2D eigenvalue weighted by Gasteiger charge is 2.33. The van der Waals surface area contributed by atoms with Crippen molar-refractivity contribution in [3.05, 3.63) is 152 Å². The second-order valence-corrected chi connectivity index (χ2v) is 13.7. The van der Waals surface area contributed by atoms with Crippen LogP contribution in [0.15, 0.2) is 152 Å². The maximum absolute atomic E-state index is 3.86. The summed E-state index contributed by atoms with van der Waals surface area (Å²) in [6.45, 7) is 2.59. The topological polar surface area (TPSA) is 17.0 Å². The van der Waals surface area contributed by atoms with Crippen molar-refractivity contribution in [2.24, 2.45) is 0 Å². The van der Waals surface area contributed by atoms with Crippen molar-refractivity contribution in [1.29, 1.82) is 0 Å². The highest BCUT2D eigenvalue weighted by Crippen LogP contribution is 2.46. The molecule has 2 aromatic heterocycles. The Morgan fingerprint density at radius 1 is 0.574 bits per heavy atom. The van der Waals surface area contributed by atoms with Gasteiger partial charge in [-0.25, -0.2) is 0 Å². The molecule has 9 aromatic rings. The number of benzene rings is 7. The predicted molar refractivity (Wildman–Crippen MR) is 205 cm³/mol. The van der Waals surface area contributed by atoms with E-state index in [-0.39, 0.29) is 6.71 Å². The number of nitrogens with zero attached hydrogens (tertiary/aromatic N) is 1. The van der Waals surface area contributed by atoms with Crippen LogP contribution in [0.25, 0.3) is 69.9 Å². The highest BCUT2D eigenvalue weighted by atomic mass is 32.1. The van der Waals surface area contributed by atoms with Gasteiger partial charge >= 0.3 is 0 Å². The molecule has 0 aliphatic carbocycles. The number of rotatable bonds is 4. The molecule has 10 rings (SSSR count). The molecule has 3 heterocycles. The van der Waals surface area contributed by atoms with E-state index in [9.17, 15) is 0 Å². The first-order chi connectivity index (χ1) is 23.2. The molecule has 220 valence electrons. The zero-order valence-electron chi connectivity index (χ0n) is 25.9. The lowest BCUT2D eigenvalue weighted by Gasteiger charge is -2.28. The maximum Gasteiger partial charge on any atom is 0.212 e. The molecule has 4 heteroatoms. The average molecular weight is 617 g/mol. The number of para-hydroxylation sites is 3. The van der Waals surface area contributed by atoms with Gasteiger partial charge in [0.15, 0.2) is 0 Å². The van der Waals surface area contributed by atoms with E-state index in [1.165, 1.54) is 80.8 Å². The highest BCUT2D eigenvalue weighted by molar-refractivity contribution is 7.25. The smallest absolute Gasteiger partial charge is 0.212 e. The van der Waals surface area contributed by atoms with Gasteiger partial charge in [0.05, 0.1) is 11.0 Å². The Labute approximate surface area is 277 Å². The molecule has 47 heavy (non-hydrogen) atoms. The summed E-state index contributed by atoms with van der Waals surface area (Å²) in [7, 11) is 0. The van der Waals surface area contributed by atoms with Gasteiger partial charge in [0, 0.05) is 53.6 Å². The maximum atomic E-state index is 3.86. The second-order valence-electron chi connectivity index (χ2n) is 12.6. The van der Waals surface area contributed by atoms with E-state index in [4.69, 9.17) is 0 Å². The zero-order valence-corrected chi connectivity index (χ0v) is 26.7. The van der Waals surface area contributed by atoms with Crippen LogP contribution >= 0.6 is 11.3 Å². The minimum atomic E-state index is 0.199. The third-order valence-electron chi connectivity index (χ3n) is 10.00. The molecule has 0 spiro atoms. The van der Waals surface area contributed by atoms with Crippen molar-refractivity contribution < 1.29 is 0 Å². The Kier molecular flexibility index (Phi) is 5.79. The molecule has 1 N–H and O–H groups in total. The summed E-state index contributed by atoms with van der Waals surface area (Å²) >= 11 is 1.87. The summed E-state index contributed by atoms with van der Waals surface area (Å²) in [4.78, 5) is 0. The molecule has 0 atom stereocenters. The largest absolute Gasteiger partial charge is 0.355 e. The number of thiophene rings is 1. The lowest BCUT2D eigenvalue weighted by molar-refractivity contribution is 1.19. The third-order valence-corrected chi connectivity index (χ3v) is 11.1. The van der Waals surface area contributed by atoms with Crippen LogP contribution in [-0.2, 0) is 0 Å². The number of fused-ring (bicyclic) bond motifs is 8. The fourth-order valence-corrected chi connectivity index (χ4v) is 9.06. The fourth-order valence-electron chi connectivity index (χ4n) is 7.93. The molecule has 0 saturated heterocycles. The minimum absolute atomic E-state index is 0.199. The molecule has 0 bridgehead atoms. The van der Waals surface area contributed by atoms with Crippen molar-refractivity contribution in [2.75, 3.05) is 5.32 Å². The first-order valence-electron chi connectivity index (χ1n) is 16.3. The first-order valence-corrected chi connectivity index (χ1v) is 17.1. The van der Waals surface area contributed by atoms with Crippen LogP contribution < -0.4 is 16.2 Å². The van der Waals surface area contributed by atoms with Gasteiger partial charge in [-0.15, -0.1) is 11.3 Å². The Bertz CT molecular complexity index is 2670. The van der Waals surface area contributed by atoms with Gasteiger partial charge in [0.2, 0.25) is 6.71 Å². The predicted octanol–water partition coefficient (Wildman–Crippen LogP) is 10.8. The van der Waals surface area contributed by atoms with E-state index in [1.54, 1.807) is 0 Å². The van der Waals surface area contributed by atoms with Crippen LogP contribution in [0.3, 0.4) is 0 Å². The molecular weight excluding hydrogens is 587 g/mol. The number of anilines is 2. The SMILES string of the molecule is CB1c2ccccc2-n2c3ccccc3c3c(-c4ccccc4)cc(-c4cc5c(cc4Nc4ccccc4)sc4ccccc45)c1c32. The molecule has 2 nitrogen and oxygen atoms in total. The quantitative estimate of drug-likeness (QED) is 0.195. The second kappa shape index (κ2) is 10.2. The van der Waals surface area contributed by atoms with Gasteiger partial charge in [0.1, 0.15) is 0 Å².